The van der Waals surface area contributed by atoms with Crippen LogP contribution in [0.3, 0.4) is 0 Å². The molecular weight excluding hydrogens is 444 g/mol. The highest BCUT2D eigenvalue weighted by molar-refractivity contribution is 6.35. The number of hydrogen-bond acceptors (Lipinski definition) is 5. The summed E-state index contributed by atoms with van der Waals surface area (Å²) >= 11 is 11.9. The van der Waals surface area contributed by atoms with E-state index < -0.39 is 11.9 Å². The lowest BCUT2D eigenvalue weighted by atomic mass is 10.1. The maximum absolute atomic E-state index is 13.6. The number of carbonyl (C=O) groups is 1. The Morgan fingerprint density at radius 2 is 1.97 bits per heavy atom. The van der Waals surface area contributed by atoms with Gasteiger partial charge in [0.2, 0.25) is 5.91 Å². The highest BCUT2D eigenvalue weighted by atomic mass is 35.5. The lowest BCUT2D eigenvalue weighted by Crippen LogP contribution is -2.55. The Hall–Kier alpha value is -1.90. The van der Waals surface area contributed by atoms with Crippen molar-refractivity contribution in [3.8, 4) is 5.75 Å². The first-order valence-corrected chi connectivity index (χ1v) is 10.8. The fourth-order valence-corrected chi connectivity index (χ4v) is 4.11. The van der Waals surface area contributed by atoms with Gasteiger partial charge in [0.25, 0.3) is 0 Å². The summed E-state index contributed by atoms with van der Waals surface area (Å²) in [4.78, 5) is 16.6. The summed E-state index contributed by atoms with van der Waals surface area (Å²) in [6, 6.07) is 11.2. The normalized spacial score (nSPS) is 18.5. The Balaban J connectivity index is 1.42. The summed E-state index contributed by atoms with van der Waals surface area (Å²) in [5.41, 5.74) is 0.562. The number of nitrogens with one attached hydrogen (secondary N) is 1. The van der Waals surface area contributed by atoms with Gasteiger partial charge in [0, 0.05) is 48.0 Å². The van der Waals surface area contributed by atoms with Gasteiger partial charge < -0.3 is 15.2 Å². The second-order valence-electron chi connectivity index (χ2n) is 7.68. The fraction of sp³-hybridized carbons (Fsp3) is 0.409. The van der Waals surface area contributed by atoms with Crippen LogP contribution in [0.1, 0.15) is 6.92 Å². The highest BCUT2D eigenvalue weighted by Gasteiger charge is 2.26. The molecule has 1 heterocycles. The Labute approximate surface area is 191 Å². The summed E-state index contributed by atoms with van der Waals surface area (Å²) in [6.45, 7) is 4.80. The number of piperazine rings is 1. The number of aliphatic hydroxyl groups is 1. The number of benzene rings is 2. The molecule has 0 aliphatic carbocycles. The average molecular weight is 470 g/mol. The number of aliphatic hydroxyl groups excluding tert-OH is 1. The van der Waals surface area contributed by atoms with Crippen molar-refractivity contribution in [3.05, 3.63) is 58.3 Å². The van der Waals surface area contributed by atoms with E-state index >= 15 is 0 Å². The highest BCUT2D eigenvalue weighted by Crippen LogP contribution is 2.22. The molecule has 0 radical (unpaired) electrons. The average Bonchev–Trinajstić information content (AvgIpc) is 2.68. The standard InChI is InChI=1S/C22H26Cl2FN3O3/c1-15-11-27(13-22(30)26-18-9-16(23)8-17(24)10-18)6-7-28(15)12-19(29)14-31-21-5-3-2-4-20(21)25/h2-5,8-10,15,19,29H,6-7,11-14H2,1H3,(H,26,30)/t15-,19+/m0/s1. The molecular formula is C22H26Cl2FN3O3. The van der Waals surface area contributed by atoms with Gasteiger partial charge in [-0.2, -0.15) is 0 Å². The molecule has 2 aromatic rings. The first kappa shape index (κ1) is 23.8. The van der Waals surface area contributed by atoms with Gasteiger partial charge in [0.1, 0.15) is 12.7 Å². The lowest BCUT2D eigenvalue weighted by molar-refractivity contribution is -0.118. The molecule has 0 bridgehead atoms. The number of anilines is 1. The van der Waals surface area contributed by atoms with Crippen LogP contribution in [0.2, 0.25) is 10.0 Å². The molecule has 31 heavy (non-hydrogen) atoms. The van der Waals surface area contributed by atoms with Crippen molar-refractivity contribution >= 4 is 34.8 Å². The van der Waals surface area contributed by atoms with E-state index in [-0.39, 0.29) is 30.9 Å². The van der Waals surface area contributed by atoms with Crippen molar-refractivity contribution < 1.29 is 19.0 Å². The molecule has 2 atom stereocenters. The number of amides is 1. The van der Waals surface area contributed by atoms with Crippen LogP contribution in [0.15, 0.2) is 42.5 Å². The minimum absolute atomic E-state index is 0.0124. The number of para-hydroxylation sites is 1. The molecule has 168 valence electrons. The third-order valence-corrected chi connectivity index (χ3v) is 5.51. The Kier molecular flexibility index (Phi) is 8.51. The topological polar surface area (TPSA) is 65.0 Å². The van der Waals surface area contributed by atoms with Crippen molar-refractivity contribution in [2.75, 3.05) is 44.6 Å². The largest absolute Gasteiger partial charge is 0.488 e. The predicted octanol–water partition coefficient (Wildman–Crippen LogP) is 3.52. The molecule has 0 spiro atoms. The zero-order valence-corrected chi connectivity index (χ0v) is 18.7. The molecule has 0 unspecified atom stereocenters. The Morgan fingerprint density at radius 3 is 2.65 bits per heavy atom. The molecule has 9 heteroatoms. The van der Waals surface area contributed by atoms with Crippen molar-refractivity contribution in [3.63, 3.8) is 0 Å². The van der Waals surface area contributed by atoms with E-state index in [1.54, 1.807) is 30.3 Å². The van der Waals surface area contributed by atoms with Crippen LogP contribution in [0.5, 0.6) is 5.75 Å². The van der Waals surface area contributed by atoms with Crippen molar-refractivity contribution in [1.82, 2.24) is 9.80 Å². The molecule has 1 fully saturated rings. The minimum atomic E-state index is -0.746. The van der Waals surface area contributed by atoms with Crippen LogP contribution in [0.4, 0.5) is 10.1 Å². The molecule has 0 aromatic heterocycles. The van der Waals surface area contributed by atoms with E-state index in [1.807, 2.05) is 6.92 Å². The second-order valence-corrected chi connectivity index (χ2v) is 8.55. The Bertz CT molecular complexity index is 882. The molecule has 3 rings (SSSR count). The first-order chi connectivity index (χ1) is 14.8. The minimum Gasteiger partial charge on any atom is -0.488 e. The first-order valence-electron chi connectivity index (χ1n) is 10.1. The van der Waals surface area contributed by atoms with Gasteiger partial charge in [-0.3, -0.25) is 14.6 Å². The summed E-state index contributed by atoms with van der Waals surface area (Å²) in [5.74, 6) is -0.460. The van der Waals surface area contributed by atoms with Gasteiger partial charge >= 0.3 is 0 Å². The smallest absolute Gasteiger partial charge is 0.238 e. The molecule has 1 aliphatic rings. The van der Waals surface area contributed by atoms with Crippen LogP contribution in [0, 0.1) is 5.82 Å². The quantitative estimate of drug-likeness (QED) is 0.619. The van der Waals surface area contributed by atoms with Gasteiger partial charge in [-0.25, -0.2) is 4.39 Å². The second kappa shape index (κ2) is 11.1. The van der Waals surface area contributed by atoms with Gasteiger partial charge in [-0.15, -0.1) is 0 Å². The molecule has 1 amide bonds. The SMILES string of the molecule is C[C@H]1CN(CC(=O)Nc2cc(Cl)cc(Cl)c2)CCN1C[C@@H](O)COc1ccccc1F. The van der Waals surface area contributed by atoms with Crippen LogP contribution < -0.4 is 10.1 Å². The van der Waals surface area contributed by atoms with E-state index in [0.717, 1.165) is 0 Å². The molecule has 1 saturated heterocycles. The van der Waals surface area contributed by atoms with Crippen LogP contribution >= 0.6 is 23.2 Å². The van der Waals surface area contributed by atoms with E-state index in [4.69, 9.17) is 27.9 Å². The van der Waals surface area contributed by atoms with Gasteiger partial charge in [-0.05, 0) is 37.3 Å². The van der Waals surface area contributed by atoms with E-state index in [0.29, 0.717) is 41.9 Å². The third kappa shape index (κ3) is 7.33. The number of nitrogens with zero attached hydrogens (tertiary/aromatic N) is 2. The van der Waals surface area contributed by atoms with E-state index in [2.05, 4.69) is 15.1 Å². The third-order valence-electron chi connectivity index (χ3n) is 5.08. The molecule has 2 N–H and O–H groups in total. The maximum atomic E-state index is 13.6. The summed E-state index contributed by atoms with van der Waals surface area (Å²) in [5, 5.41) is 14.0. The van der Waals surface area contributed by atoms with Gasteiger partial charge in [0.05, 0.1) is 6.54 Å². The van der Waals surface area contributed by atoms with Crippen molar-refractivity contribution in [2.24, 2.45) is 0 Å². The zero-order chi connectivity index (χ0) is 22.4. The Morgan fingerprint density at radius 1 is 1.26 bits per heavy atom. The van der Waals surface area contributed by atoms with Crippen molar-refractivity contribution in [2.45, 2.75) is 19.1 Å². The predicted molar refractivity (Wildman–Crippen MR) is 120 cm³/mol. The van der Waals surface area contributed by atoms with Crippen LogP contribution in [0.25, 0.3) is 0 Å². The number of hydrogen-bond donors (Lipinski definition) is 2. The lowest BCUT2D eigenvalue weighted by Gasteiger charge is -2.40. The number of halogens is 3. The number of rotatable bonds is 8. The van der Waals surface area contributed by atoms with E-state index in [9.17, 15) is 14.3 Å². The van der Waals surface area contributed by atoms with Gasteiger partial charge in [-0.1, -0.05) is 35.3 Å². The van der Waals surface area contributed by atoms with Crippen LogP contribution in [-0.2, 0) is 4.79 Å². The summed E-state index contributed by atoms with van der Waals surface area (Å²) in [7, 11) is 0. The molecule has 1 aliphatic heterocycles. The molecule has 2 aromatic carbocycles. The number of ether oxygens (including phenoxy) is 1. The maximum Gasteiger partial charge on any atom is 0.238 e. The summed E-state index contributed by atoms with van der Waals surface area (Å²) in [6.07, 6.45) is -0.746. The van der Waals surface area contributed by atoms with Crippen LogP contribution in [-0.4, -0.2) is 72.3 Å². The van der Waals surface area contributed by atoms with E-state index in [1.165, 1.54) is 12.1 Å². The molecule has 6 nitrogen and oxygen atoms in total. The summed E-state index contributed by atoms with van der Waals surface area (Å²) < 4.78 is 19.0. The zero-order valence-electron chi connectivity index (χ0n) is 17.2. The number of β-amino-alcohol motifs (C(OH)–C–C–N with tert-alkyl or cyclic N) is 1. The monoisotopic (exact) mass is 469 g/mol. The number of carbonyl (C=O) groups excluding carboxylic acids is 1. The fourth-order valence-electron chi connectivity index (χ4n) is 3.59. The van der Waals surface area contributed by atoms with Gasteiger partial charge in [0.15, 0.2) is 11.6 Å². The van der Waals surface area contributed by atoms with Crippen molar-refractivity contribution in [1.29, 1.82) is 0 Å². The molecule has 0 saturated carbocycles.